The van der Waals surface area contributed by atoms with Gasteiger partial charge in [0.15, 0.2) is 0 Å². The van der Waals surface area contributed by atoms with Crippen LogP contribution in [0.1, 0.15) is 12.1 Å². The predicted octanol–water partition coefficient (Wildman–Crippen LogP) is 1.46. The number of nitrogens with one attached hydrogen (secondary N) is 2. The standard InChI is InChI=1S/C15H20FN3O/c1-19(10-15(20)4-5-17-9-15)8-13-7-11-6-12(16)2-3-14(11)18-13/h2-3,6-7,17-18,20H,4-5,8-10H2,1H3/t15-/m1/s1. The highest BCUT2D eigenvalue weighted by Crippen LogP contribution is 2.19. The summed E-state index contributed by atoms with van der Waals surface area (Å²) >= 11 is 0. The molecule has 0 bridgehead atoms. The fourth-order valence-electron chi connectivity index (χ4n) is 2.96. The van der Waals surface area contributed by atoms with E-state index < -0.39 is 5.60 Å². The van der Waals surface area contributed by atoms with Gasteiger partial charge in [0.05, 0.1) is 5.60 Å². The van der Waals surface area contributed by atoms with E-state index in [4.69, 9.17) is 0 Å². The minimum Gasteiger partial charge on any atom is -0.387 e. The van der Waals surface area contributed by atoms with E-state index in [0.717, 1.165) is 29.6 Å². The molecule has 0 amide bonds. The highest BCUT2D eigenvalue weighted by Gasteiger charge is 2.32. The SMILES string of the molecule is CN(Cc1cc2cc(F)ccc2[nH]1)C[C@@]1(O)CCNC1. The summed E-state index contributed by atoms with van der Waals surface area (Å²) in [7, 11) is 1.99. The highest BCUT2D eigenvalue weighted by molar-refractivity contribution is 5.80. The molecule has 0 aliphatic carbocycles. The summed E-state index contributed by atoms with van der Waals surface area (Å²) in [6.45, 7) is 2.85. The molecule has 1 aliphatic heterocycles. The Morgan fingerprint density at radius 1 is 1.40 bits per heavy atom. The van der Waals surface area contributed by atoms with E-state index in [0.29, 0.717) is 19.6 Å². The Hall–Kier alpha value is -1.43. The number of benzene rings is 1. The Morgan fingerprint density at radius 3 is 3.00 bits per heavy atom. The Kier molecular flexibility index (Phi) is 3.50. The number of fused-ring (bicyclic) bond motifs is 1. The van der Waals surface area contributed by atoms with Gasteiger partial charge >= 0.3 is 0 Å². The van der Waals surface area contributed by atoms with Crippen molar-refractivity contribution in [1.29, 1.82) is 0 Å². The second kappa shape index (κ2) is 5.16. The van der Waals surface area contributed by atoms with Crippen molar-refractivity contribution >= 4 is 10.9 Å². The lowest BCUT2D eigenvalue weighted by Gasteiger charge is -2.27. The minimum atomic E-state index is -0.632. The molecule has 0 unspecified atom stereocenters. The Balaban J connectivity index is 1.69. The minimum absolute atomic E-state index is 0.220. The third-order valence-corrected chi connectivity index (χ3v) is 3.86. The van der Waals surface area contributed by atoms with Crippen molar-refractivity contribution in [2.75, 3.05) is 26.7 Å². The number of halogens is 1. The third-order valence-electron chi connectivity index (χ3n) is 3.86. The van der Waals surface area contributed by atoms with E-state index in [1.165, 1.54) is 12.1 Å². The maximum absolute atomic E-state index is 13.2. The molecule has 1 fully saturated rings. The Bertz CT molecular complexity index is 604. The van der Waals surface area contributed by atoms with Crippen LogP contribution >= 0.6 is 0 Å². The molecule has 2 aromatic rings. The normalized spacial score (nSPS) is 23.0. The molecule has 3 rings (SSSR count). The molecule has 108 valence electrons. The van der Waals surface area contributed by atoms with E-state index in [1.807, 2.05) is 13.1 Å². The Morgan fingerprint density at radius 2 is 2.25 bits per heavy atom. The molecule has 5 heteroatoms. The number of hydrogen-bond donors (Lipinski definition) is 3. The number of rotatable bonds is 4. The van der Waals surface area contributed by atoms with Crippen LogP contribution in [-0.2, 0) is 6.54 Å². The summed E-state index contributed by atoms with van der Waals surface area (Å²) in [4.78, 5) is 5.38. The molecule has 1 aromatic heterocycles. The van der Waals surface area contributed by atoms with E-state index >= 15 is 0 Å². The first-order chi connectivity index (χ1) is 9.54. The maximum Gasteiger partial charge on any atom is 0.123 e. The quantitative estimate of drug-likeness (QED) is 0.793. The molecule has 3 N–H and O–H groups in total. The van der Waals surface area contributed by atoms with Crippen LogP contribution in [0.4, 0.5) is 4.39 Å². The average Bonchev–Trinajstić information content (AvgIpc) is 2.94. The first kappa shape index (κ1) is 13.5. The first-order valence-corrected chi connectivity index (χ1v) is 6.93. The number of likely N-dealkylation sites (N-methyl/N-ethyl adjacent to an activating group) is 1. The molecular formula is C15H20FN3O. The smallest absolute Gasteiger partial charge is 0.123 e. The van der Waals surface area contributed by atoms with E-state index in [1.54, 1.807) is 6.07 Å². The van der Waals surface area contributed by atoms with Crippen molar-refractivity contribution in [1.82, 2.24) is 15.2 Å². The molecule has 20 heavy (non-hydrogen) atoms. The van der Waals surface area contributed by atoms with Crippen LogP contribution in [0.25, 0.3) is 10.9 Å². The van der Waals surface area contributed by atoms with Crippen molar-refractivity contribution in [3.05, 3.63) is 35.8 Å². The highest BCUT2D eigenvalue weighted by atomic mass is 19.1. The van der Waals surface area contributed by atoms with Crippen LogP contribution in [0, 0.1) is 5.82 Å². The zero-order valence-electron chi connectivity index (χ0n) is 11.6. The van der Waals surface area contributed by atoms with Gasteiger partial charge in [-0.3, -0.25) is 4.90 Å². The number of hydrogen-bond acceptors (Lipinski definition) is 3. The lowest BCUT2D eigenvalue weighted by molar-refractivity contribution is 0.0262. The van der Waals surface area contributed by atoms with Gasteiger partial charge in [-0.2, -0.15) is 0 Å². The van der Waals surface area contributed by atoms with Gasteiger partial charge in [-0.25, -0.2) is 4.39 Å². The second-order valence-corrected chi connectivity index (χ2v) is 5.85. The van der Waals surface area contributed by atoms with Crippen LogP contribution < -0.4 is 5.32 Å². The van der Waals surface area contributed by atoms with Gasteiger partial charge in [0.1, 0.15) is 5.82 Å². The molecule has 1 aromatic carbocycles. The monoisotopic (exact) mass is 277 g/mol. The lowest BCUT2D eigenvalue weighted by atomic mass is 10.0. The van der Waals surface area contributed by atoms with Gasteiger partial charge < -0.3 is 15.4 Å². The fourth-order valence-corrected chi connectivity index (χ4v) is 2.96. The van der Waals surface area contributed by atoms with Crippen molar-refractivity contribution in [3.63, 3.8) is 0 Å². The molecular weight excluding hydrogens is 257 g/mol. The summed E-state index contributed by atoms with van der Waals surface area (Å²) < 4.78 is 13.2. The van der Waals surface area contributed by atoms with Gasteiger partial charge in [-0.15, -0.1) is 0 Å². The van der Waals surface area contributed by atoms with E-state index in [-0.39, 0.29) is 5.82 Å². The predicted molar refractivity (Wildman–Crippen MR) is 77.0 cm³/mol. The van der Waals surface area contributed by atoms with Gasteiger partial charge in [0.25, 0.3) is 0 Å². The third kappa shape index (κ3) is 2.85. The number of aliphatic hydroxyl groups is 1. The Labute approximate surface area is 117 Å². The number of aromatic nitrogens is 1. The topological polar surface area (TPSA) is 51.3 Å². The van der Waals surface area contributed by atoms with Crippen LogP contribution in [0.2, 0.25) is 0 Å². The van der Waals surface area contributed by atoms with Gasteiger partial charge in [0, 0.05) is 36.2 Å². The second-order valence-electron chi connectivity index (χ2n) is 5.85. The van der Waals surface area contributed by atoms with Crippen LogP contribution in [0.3, 0.4) is 0 Å². The molecule has 1 aliphatic rings. The molecule has 2 heterocycles. The molecule has 1 atom stereocenters. The summed E-state index contributed by atoms with van der Waals surface area (Å²) in [6.07, 6.45) is 0.787. The number of H-pyrrole nitrogens is 1. The molecule has 0 radical (unpaired) electrons. The molecule has 0 spiro atoms. The van der Waals surface area contributed by atoms with Gasteiger partial charge in [0.2, 0.25) is 0 Å². The number of β-amino-alcohol motifs (C(OH)–C–C–N with tert-alkyl or cyclic N) is 1. The van der Waals surface area contributed by atoms with E-state index in [9.17, 15) is 9.50 Å². The summed E-state index contributed by atoms with van der Waals surface area (Å²) in [5, 5.41) is 14.4. The zero-order chi connectivity index (χ0) is 14.2. The largest absolute Gasteiger partial charge is 0.387 e. The maximum atomic E-state index is 13.2. The molecule has 4 nitrogen and oxygen atoms in total. The molecule has 0 saturated carbocycles. The summed E-state index contributed by atoms with van der Waals surface area (Å²) in [5.41, 5.74) is 1.34. The van der Waals surface area contributed by atoms with Crippen molar-refractivity contribution in [2.45, 2.75) is 18.6 Å². The zero-order valence-corrected chi connectivity index (χ0v) is 11.6. The van der Waals surface area contributed by atoms with Crippen molar-refractivity contribution < 1.29 is 9.50 Å². The van der Waals surface area contributed by atoms with Crippen molar-refractivity contribution in [2.24, 2.45) is 0 Å². The number of aromatic amines is 1. The van der Waals surface area contributed by atoms with Gasteiger partial charge in [-0.05, 0) is 44.3 Å². The van der Waals surface area contributed by atoms with Crippen LogP contribution in [-0.4, -0.2) is 47.3 Å². The van der Waals surface area contributed by atoms with Crippen LogP contribution in [0.5, 0.6) is 0 Å². The first-order valence-electron chi connectivity index (χ1n) is 6.93. The molecule has 1 saturated heterocycles. The van der Waals surface area contributed by atoms with Gasteiger partial charge in [-0.1, -0.05) is 0 Å². The summed E-state index contributed by atoms with van der Waals surface area (Å²) in [5.74, 6) is -0.220. The number of nitrogens with zero attached hydrogens (tertiary/aromatic N) is 1. The lowest BCUT2D eigenvalue weighted by Crippen LogP contribution is -2.42. The van der Waals surface area contributed by atoms with Crippen LogP contribution in [0.15, 0.2) is 24.3 Å². The van der Waals surface area contributed by atoms with E-state index in [2.05, 4.69) is 15.2 Å². The van der Waals surface area contributed by atoms with Crippen molar-refractivity contribution in [3.8, 4) is 0 Å². The fraction of sp³-hybridized carbons (Fsp3) is 0.467. The average molecular weight is 277 g/mol. The summed E-state index contributed by atoms with van der Waals surface area (Å²) in [6, 6.07) is 6.71.